The molecule has 2 aliphatic carbocycles. The lowest BCUT2D eigenvalue weighted by Gasteiger charge is -2.33. The van der Waals surface area contributed by atoms with Crippen LogP contribution in [0.1, 0.15) is 32.1 Å². The van der Waals surface area contributed by atoms with Crippen LogP contribution >= 0.6 is 43.5 Å². The first-order chi connectivity index (χ1) is 8.85. The summed E-state index contributed by atoms with van der Waals surface area (Å²) in [4.78, 5) is 3.45. The molecule has 4 nitrogen and oxygen atoms in total. The summed E-state index contributed by atoms with van der Waals surface area (Å²) in [5, 5.41) is 15.1. The molecule has 2 atom stereocenters. The van der Waals surface area contributed by atoms with Crippen molar-refractivity contribution in [1.29, 1.82) is 0 Å². The summed E-state index contributed by atoms with van der Waals surface area (Å²) in [6.45, 7) is 0.417. The summed E-state index contributed by atoms with van der Waals surface area (Å²) in [5.41, 5.74) is -0.902. The van der Waals surface area contributed by atoms with Gasteiger partial charge in [-0.25, -0.2) is 4.98 Å². The van der Waals surface area contributed by atoms with E-state index in [0.29, 0.717) is 18.9 Å². The Balaban J connectivity index is 1.67. The van der Waals surface area contributed by atoms with Gasteiger partial charge in [0.15, 0.2) is 0 Å². The van der Waals surface area contributed by atoms with E-state index in [2.05, 4.69) is 41.9 Å². The van der Waals surface area contributed by atoms with E-state index in [1.165, 1.54) is 6.33 Å². The topological polar surface area (TPSA) is 50.9 Å². The van der Waals surface area contributed by atoms with E-state index in [-0.39, 0.29) is 3.23 Å². The molecule has 7 heteroatoms. The molecular formula is C12H16Br2ClN3O. The average Bonchev–Trinajstić information content (AvgIpc) is 3.14. The van der Waals surface area contributed by atoms with Crippen molar-refractivity contribution in [3.05, 3.63) is 12.7 Å². The number of halogens is 3. The maximum atomic E-state index is 11.0. The van der Waals surface area contributed by atoms with Gasteiger partial charge in [-0.3, -0.25) is 4.68 Å². The number of hydrogen-bond acceptors (Lipinski definition) is 3. The number of aliphatic hydroxyl groups is 1. The Morgan fingerprint density at radius 1 is 1.47 bits per heavy atom. The van der Waals surface area contributed by atoms with Crippen molar-refractivity contribution >= 4 is 43.5 Å². The van der Waals surface area contributed by atoms with Crippen LogP contribution in [0.4, 0.5) is 0 Å². The van der Waals surface area contributed by atoms with Gasteiger partial charge in [0, 0.05) is 0 Å². The number of rotatable bonds is 6. The summed E-state index contributed by atoms with van der Waals surface area (Å²) in [7, 11) is 0. The third kappa shape index (κ3) is 2.87. The molecule has 0 aromatic carbocycles. The first kappa shape index (κ1) is 14.3. The minimum absolute atomic E-state index is 0.0805. The van der Waals surface area contributed by atoms with Gasteiger partial charge in [0.05, 0.1) is 14.7 Å². The Labute approximate surface area is 134 Å². The Morgan fingerprint density at radius 3 is 2.63 bits per heavy atom. The van der Waals surface area contributed by atoms with Crippen LogP contribution in [0.25, 0.3) is 0 Å². The predicted molar refractivity (Wildman–Crippen MR) is 80.7 cm³/mol. The molecule has 0 bridgehead atoms. The molecule has 1 aromatic heterocycles. The molecule has 1 N–H and O–H groups in total. The van der Waals surface area contributed by atoms with Crippen molar-refractivity contribution in [3.63, 3.8) is 0 Å². The Morgan fingerprint density at radius 2 is 2.16 bits per heavy atom. The quantitative estimate of drug-likeness (QED) is 0.730. The van der Waals surface area contributed by atoms with Crippen molar-refractivity contribution in [2.24, 2.45) is 5.92 Å². The second-order valence-electron chi connectivity index (χ2n) is 5.79. The fourth-order valence-electron chi connectivity index (χ4n) is 2.60. The standard InChI is InChI=1S/C12H16Br2ClN3O/c13-12(14)5-9(12)1-2-11(19,10(15)3-4-10)6-18-8-16-7-17-18/h7-9,19H,1-6H2. The highest BCUT2D eigenvalue weighted by atomic mass is 79.9. The van der Waals surface area contributed by atoms with Crippen LogP contribution in [0.2, 0.25) is 0 Å². The third-order valence-electron chi connectivity index (χ3n) is 4.28. The van der Waals surface area contributed by atoms with Crippen LogP contribution in [0, 0.1) is 5.92 Å². The normalized spacial score (nSPS) is 29.8. The summed E-state index contributed by atoms with van der Waals surface area (Å²) < 4.78 is 1.75. The summed E-state index contributed by atoms with van der Waals surface area (Å²) in [5.74, 6) is 0.564. The molecule has 2 fully saturated rings. The Hall–Kier alpha value is 0.350. The predicted octanol–water partition coefficient (Wildman–Crippen LogP) is 3.07. The molecule has 3 rings (SSSR count). The van der Waals surface area contributed by atoms with Crippen molar-refractivity contribution < 1.29 is 5.11 Å². The number of alkyl halides is 3. The van der Waals surface area contributed by atoms with Crippen LogP contribution in [-0.2, 0) is 6.54 Å². The summed E-state index contributed by atoms with van der Waals surface area (Å²) in [6, 6.07) is 0. The van der Waals surface area contributed by atoms with Gasteiger partial charge < -0.3 is 5.11 Å². The molecule has 19 heavy (non-hydrogen) atoms. The van der Waals surface area contributed by atoms with Crippen molar-refractivity contribution in [1.82, 2.24) is 14.8 Å². The molecule has 106 valence electrons. The summed E-state index contributed by atoms with van der Waals surface area (Å²) >= 11 is 13.8. The molecule has 1 aromatic rings. The largest absolute Gasteiger partial charge is 0.386 e. The Kier molecular flexibility index (Phi) is 3.52. The average molecular weight is 414 g/mol. The minimum Gasteiger partial charge on any atom is -0.386 e. The SMILES string of the molecule is OC(CCC1CC1(Br)Br)(Cn1cncn1)C1(Cl)CC1. The van der Waals surface area contributed by atoms with Crippen molar-refractivity contribution in [2.75, 3.05) is 0 Å². The molecular weight excluding hydrogens is 397 g/mol. The van der Waals surface area contributed by atoms with Gasteiger partial charge in [-0.15, -0.1) is 11.6 Å². The number of aromatic nitrogens is 3. The van der Waals surface area contributed by atoms with Crippen molar-refractivity contribution in [3.8, 4) is 0 Å². The highest BCUT2D eigenvalue weighted by Crippen LogP contribution is 2.60. The van der Waals surface area contributed by atoms with Crippen LogP contribution in [0.3, 0.4) is 0 Å². The highest BCUT2D eigenvalue weighted by molar-refractivity contribution is 9.25. The lowest BCUT2D eigenvalue weighted by molar-refractivity contribution is -0.00369. The zero-order chi connectivity index (χ0) is 13.7. The van der Waals surface area contributed by atoms with E-state index in [9.17, 15) is 5.11 Å². The molecule has 0 aliphatic heterocycles. The van der Waals surface area contributed by atoms with Crippen molar-refractivity contribution in [2.45, 2.75) is 52.4 Å². The minimum atomic E-state index is -0.902. The van der Waals surface area contributed by atoms with Crippen LogP contribution in [0.5, 0.6) is 0 Å². The van der Waals surface area contributed by atoms with Gasteiger partial charge in [0.2, 0.25) is 0 Å². The van der Waals surface area contributed by atoms with E-state index in [0.717, 1.165) is 25.7 Å². The van der Waals surface area contributed by atoms with Gasteiger partial charge >= 0.3 is 0 Å². The zero-order valence-corrected chi connectivity index (χ0v) is 14.3. The maximum Gasteiger partial charge on any atom is 0.137 e. The zero-order valence-electron chi connectivity index (χ0n) is 10.4. The van der Waals surface area contributed by atoms with E-state index < -0.39 is 10.5 Å². The van der Waals surface area contributed by atoms with Gasteiger partial charge in [-0.2, -0.15) is 5.10 Å². The first-order valence-corrected chi connectivity index (χ1v) is 8.43. The monoisotopic (exact) mass is 411 g/mol. The molecule has 1 heterocycles. The smallest absolute Gasteiger partial charge is 0.137 e. The lowest BCUT2D eigenvalue weighted by atomic mass is 9.90. The van der Waals surface area contributed by atoms with Gasteiger partial charge in [-0.1, -0.05) is 31.9 Å². The van der Waals surface area contributed by atoms with Gasteiger partial charge in [-0.05, 0) is 38.0 Å². The Bertz CT molecular complexity index is 464. The van der Waals surface area contributed by atoms with E-state index in [1.54, 1.807) is 11.0 Å². The molecule has 0 spiro atoms. The first-order valence-electron chi connectivity index (χ1n) is 6.46. The molecule has 0 radical (unpaired) electrons. The molecule has 2 aliphatic rings. The molecule has 2 saturated carbocycles. The second kappa shape index (κ2) is 4.68. The fourth-order valence-corrected chi connectivity index (χ4v) is 4.09. The highest BCUT2D eigenvalue weighted by Gasteiger charge is 2.59. The van der Waals surface area contributed by atoms with Crippen LogP contribution in [0.15, 0.2) is 12.7 Å². The van der Waals surface area contributed by atoms with E-state index >= 15 is 0 Å². The van der Waals surface area contributed by atoms with E-state index in [1.807, 2.05) is 0 Å². The van der Waals surface area contributed by atoms with Gasteiger partial charge in [0.25, 0.3) is 0 Å². The second-order valence-corrected chi connectivity index (χ2v) is 10.4. The lowest BCUT2D eigenvalue weighted by Crippen LogP contribution is -2.45. The van der Waals surface area contributed by atoms with Crippen LogP contribution in [-0.4, -0.2) is 33.6 Å². The molecule has 0 saturated heterocycles. The number of hydrogen-bond donors (Lipinski definition) is 1. The number of nitrogens with zero attached hydrogens (tertiary/aromatic N) is 3. The van der Waals surface area contributed by atoms with E-state index in [4.69, 9.17) is 11.6 Å². The van der Waals surface area contributed by atoms with Crippen LogP contribution < -0.4 is 0 Å². The third-order valence-corrected chi connectivity index (χ3v) is 6.95. The van der Waals surface area contributed by atoms with Gasteiger partial charge in [0.1, 0.15) is 18.3 Å². The molecule has 2 unspecified atom stereocenters. The maximum absolute atomic E-state index is 11.0. The fraction of sp³-hybridized carbons (Fsp3) is 0.833. The molecule has 0 amide bonds. The summed E-state index contributed by atoms with van der Waals surface area (Å²) in [6.07, 6.45) is 7.61.